The summed E-state index contributed by atoms with van der Waals surface area (Å²) < 4.78 is 12.7. The fraction of sp³-hybridized carbons (Fsp3) is 0.444. The molecule has 1 aromatic rings. The Morgan fingerprint density at radius 1 is 1.36 bits per heavy atom. The second kappa shape index (κ2) is 2.61. The van der Waals surface area contributed by atoms with E-state index in [4.69, 9.17) is 0 Å². The Morgan fingerprint density at radius 3 is 2.36 bits per heavy atom. The van der Waals surface area contributed by atoms with Gasteiger partial charge in [-0.2, -0.15) is 0 Å². The summed E-state index contributed by atoms with van der Waals surface area (Å²) in [7, 11) is 0. The van der Waals surface area contributed by atoms with Gasteiger partial charge in [0.1, 0.15) is 5.82 Å². The van der Waals surface area contributed by atoms with Crippen molar-refractivity contribution in [2.45, 2.75) is 26.2 Å². The lowest BCUT2D eigenvalue weighted by molar-refractivity contribution is 0.552. The molecule has 0 saturated heterocycles. The molecule has 2 heteroatoms. The maximum absolute atomic E-state index is 12.7. The van der Waals surface area contributed by atoms with Crippen molar-refractivity contribution in [3.05, 3.63) is 29.8 Å². The molecule has 0 amide bonds. The van der Waals surface area contributed by atoms with Crippen molar-refractivity contribution in [1.82, 2.24) is 4.98 Å². The first-order chi connectivity index (χ1) is 5.00. The van der Waals surface area contributed by atoms with Gasteiger partial charge in [0.2, 0.25) is 0 Å². The third kappa shape index (κ3) is 2.00. The van der Waals surface area contributed by atoms with Gasteiger partial charge in [0.05, 0.1) is 0 Å². The Morgan fingerprint density at radius 2 is 2.00 bits per heavy atom. The van der Waals surface area contributed by atoms with E-state index in [9.17, 15) is 4.39 Å². The van der Waals surface area contributed by atoms with Crippen molar-refractivity contribution in [1.29, 1.82) is 0 Å². The van der Waals surface area contributed by atoms with Crippen LogP contribution in [0, 0.1) is 5.82 Å². The Hall–Kier alpha value is -0.920. The van der Waals surface area contributed by atoms with Crippen LogP contribution >= 0.6 is 0 Å². The Labute approximate surface area is 66.3 Å². The Kier molecular flexibility index (Phi) is 1.94. The third-order valence-electron chi connectivity index (χ3n) is 1.49. The minimum absolute atomic E-state index is 0.0674. The highest BCUT2D eigenvalue weighted by atomic mass is 18.2. The molecule has 60 valence electrons. The largest absolute Gasteiger partial charge is 0.261 e. The van der Waals surface area contributed by atoms with Gasteiger partial charge in [-0.1, -0.05) is 20.8 Å². The lowest BCUT2D eigenvalue weighted by atomic mass is 9.92. The van der Waals surface area contributed by atoms with E-state index in [1.807, 2.05) is 20.8 Å². The summed E-state index contributed by atoms with van der Waals surface area (Å²) in [6.07, 6.45) is 1.50. The molecule has 1 rings (SSSR count). The Bertz CT molecular complexity index is 250. The van der Waals surface area contributed by atoms with Crippen LogP contribution in [0.15, 0.2) is 18.3 Å². The zero-order valence-electron chi connectivity index (χ0n) is 7.06. The summed E-state index contributed by atoms with van der Waals surface area (Å²) in [6, 6.07) is 2.83. The Balaban J connectivity index is 3.06. The SMILES string of the molecule is CC(C)(C)c1cc([18F])ccn1. The summed E-state index contributed by atoms with van der Waals surface area (Å²) in [6.45, 7) is 6.03. The first kappa shape index (κ1) is 8.18. The van der Waals surface area contributed by atoms with Crippen LogP contribution in [0.5, 0.6) is 0 Å². The number of hydrogen-bond donors (Lipinski definition) is 0. The number of pyridine rings is 1. The van der Waals surface area contributed by atoms with Crippen molar-refractivity contribution in [3.63, 3.8) is 0 Å². The first-order valence-electron chi connectivity index (χ1n) is 3.62. The molecule has 0 aliphatic rings. The van der Waals surface area contributed by atoms with E-state index in [2.05, 4.69) is 4.98 Å². The summed E-state index contributed by atoms with van der Waals surface area (Å²) >= 11 is 0. The van der Waals surface area contributed by atoms with E-state index in [0.717, 1.165) is 5.69 Å². The highest BCUT2D eigenvalue weighted by molar-refractivity contribution is 5.13. The molecule has 0 fully saturated rings. The number of hydrogen-bond acceptors (Lipinski definition) is 1. The summed E-state index contributed by atoms with van der Waals surface area (Å²) in [5, 5.41) is 0. The first-order valence-corrected chi connectivity index (χ1v) is 3.62. The van der Waals surface area contributed by atoms with E-state index in [-0.39, 0.29) is 11.2 Å². The minimum atomic E-state index is -0.218. The van der Waals surface area contributed by atoms with Crippen LogP contribution in [0.2, 0.25) is 0 Å². The van der Waals surface area contributed by atoms with Crippen LogP contribution in [0.4, 0.5) is 4.39 Å². The van der Waals surface area contributed by atoms with Crippen molar-refractivity contribution in [2.75, 3.05) is 0 Å². The molecule has 0 bridgehead atoms. The molecule has 0 saturated carbocycles. The van der Waals surface area contributed by atoms with E-state index in [1.165, 1.54) is 18.3 Å². The highest BCUT2D eigenvalue weighted by Crippen LogP contribution is 2.19. The van der Waals surface area contributed by atoms with Gasteiger partial charge in [-0.05, 0) is 12.1 Å². The van der Waals surface area contributed by atoms with Crippen molar-refractivity contribution >= 4 is 0 Å². The van der Waals surface area contributed by atoms with Crippen molar-refractivity contribution in [3.8, 4) is 0 Å². The van der Waals surface area contributed by atoms with Gasteiger partial charge in [-0.25, -0.2) is 4.39 Å². The van der Waals surface area contributed by atoms with Crippen LogP contribution in [0.3, 0.4) is 0 Å². The predicted molar refractivity (Wildman–Crippen MR) is 42.9 cm³/mol. The average Bonchev–Trinajstić information content (AvgIpc) is 1.86. The molecule has 0 unspecified atom stereocenters. The molecule has 1 nitrogen and oxygen atoms in total. The maximum Gasteiger partial charge on any atom is 0.126 e. The van der Waals surface area contributed by atoms with E-state index in [0.29, 0.717) is 0 Å². The smallest absolute Gasteiger partial charge is 0.126 e. The topological polar surface area (TPSA) is 12.9 Å². The normalized spacial score (nSPS) is 11.6. The molecule has 0 radical (unpaired) electrons. The lowest BCUT2D eigenvalue weighted by Crippen LogP contribution is -2.13. The van der Waals surface area contributed by atoms with Gasteiger partial charge in [0.25, 0.3) is 0 Å². The summed E-state index contributed by atoms with van der Waals surface area (Å²) in [5.74, 6) is -0.218. The molecule has 0 N–H and O–H groups in total. The molecular weight excluding hydrogens is 140 g/mol. The van der Waals surface area contributed by atoms with Gasteiger partial charge in [0, 0.05) is 17.3 Å². The van der Waals surface area contributed by atoms with Gasteiger partial charge >= 0.3 is 0 Å². The zero-order valence-corrected chi connectivity index (χ0v) is 7.06. The molecule has 0 aliphatic heterocycles. The monoisotopic (exact) mass is 152 g/mol. The molecule has 1 heterocycles. The molecule has 0 atom stereocenters. The van der Waals surface area contributed by atoms with E-state index >= 15 is 0 Å². The third-order valence-corrected chi connectivity index (χ3v) is 1.49. The average molecular weight is 152 g/mol. The second-order valence-electron chi connectivity index (χ2n) is 3.61. The molecular formula is C9H12FN. The van der Waals surface area contributed by atoms with Gasteiger partial charge in [0.15, 0.2) is 0 Å². The minimum Gasteiger partial charge on any atom is -0.261 e. The number of nitrogens with zero attached hydrogens (tertiary/aromatic N) is 1. The van der Waals surface area contributed by atoms with Crippen molar-refractivity contribution in [2.24, 2.45) is 0 Å². The fourth-order valence-electron chi connectivity index (χ4n) is 0.815. The van der Waals surface area contributed by atoms with Crippen LogP contribution in [0.25, 0.3) is 0 Å². The molecule has 0 aromatic carbocycles. The lowest BCUT2D eigenvalue weighted by Gasteiger charge is -2.16. The maximum atomic E-state index is 12.7. The fourth-order valence-corrected chi connectivity index (χ4v) is 0.815. The number of halogens is 1. The van der Waals surface area contributed by atoms with Crippen molar-refractivity contribution < 1.29 is 4.39 Å². The van der Waals surface area contributed by atoms with E-state index < -0.39 is 0 Å². The van der Waals surface area contributed by atoms with Crippen LogP contribution < -0.4 is 0 Å². The summed E-state index contributed by atoms with van der Waals surface area (Å²) in [5.41, 5.74) is 0.722. The quantitative estimate of drug-likeness (QED) is 0.556. The number of rotatable bonds is 0. The van der Waals surface area contributed by atoms with Crippen LogP contribution in [-0.4, -0.2) is 4.98 Å². The molecule has 11 heavy (non-hydrogen) atoms. The second-order valence-corrected chi connectivity index (χ2v) is 3.61. The molecule has 1 aromatic heterocycles. The summed E-state index contributed by atoms with van der Waals surface area (Å²) in [4.78, 5) is 4.07. The van der Waals surface area contributed by atoms with E-state index in [1.54, 1.807) is 0 Å². The zero-order chi connectivity index (χ0) is 8.48. The molecule has 0 aliphatic carbocycles. The van der Waals surface area contributed by atoms with Gasteiger partial charge in [-0.15, -0.1) is 0 Å². The number of aromatic nitrogens is 1. The van der Waals surface area contributed by atoms with Gasteiger partial charge in [-0.3, -0.25) is 4.98 Å². The highest BCUT2D eigenvalue weighted by Gasteiger charge is 2.14. The van der Waals surface area contributed by atoms with Crippen LogP contribution in [0.1, 0.15) is 26.5 Å². The predicted octanol–water partition coefficient (Wildman–Crippen LogP) is 2.52. The van der Waals surface area contributed by atoms with Crippen LogP contribution in [-0.2, 0) is 5.41 Å². The molecule has 0 spiro atoms. The van der Waals surface area contributed by atoms with Gasteiger partial charge < -0.3 is 0 Å². The standard InChI is InChI=1S/C9H12FN/c1-9(2,3)8-6-7(10)4-5-11-8/h4-6H,1-3H3/i10-1.